The number of hydrogen-bond acceptors (Lipinski definition) is 4. The van der Waals surface area contributed by atoms with Gasteiger partial charge >= 0.3 is 6.09 Å². The van der Waals surface area contributed by atoms with Crippen LogP contribution in [0.15, 0.2) is 69.9 Å². The largest absolute Gasteiger partial charge is 0.441 e. The van der Waals surface area contributed by atoms with E-state index >= 15 is 0 Å². The van der Waals surface area contributed by atoms with Crippen LogP contribution in [0.25, 0.3) is 11.3 Å². The van der Waals surface area contributed by atoms with Gasteiger partial charge in [-0.15, -0.1) is 0 Å². The van der Waals surface area contributed by atoms with E-state index < -0.39 is 6.09 Å². The van der Waals surface area contributed by atoms with Crippen molar-refractivity contribution in [1.82, 2.24) is 4.98 Å². The van der Waals surface area contributed by atoms with Gasteiger partial charge in [0.15, 0.2) is 18.0 Å². The number of aromatic nitrogens is 1. The van der Waals surface area contributed by atoms with E-state index in [1.54, 1.807) is 0 Å². The van der Waals surface area contributed by atoms with E-state index in [4.69, 9.17) is 9.15 Å². The van der Waals surface area contributed by atoms with Crippen LogP contribution in [-0.2, 0) is 4.74 Å². The molecular formula is C18H15BrN2O3. The smallest absolute Gasteiger partial charge is 0.413 e. The zero-order chi connectivity index (χ0) is 16.9. The number of nitrogens with one attached hydrogen (secondary N) is 1. The maximum Gasteiger partial charge on any atom is 0.413 e. The van der Waals surface area contributed by atoms with E-state index in [9.17, 15) is 4.79 Å². The Bertz CT molecular complexity index is 816. The topological polar surface area (TPSA) is 64.4 Å². The first-order valence-corrected chi connectivity index (χ1v) is 8.15. The SMILES string of the molecule is CC(OC(=O)Nc1ncoc1-c1ccc(Br)cc1)c1ccccc1. The average Bonchev–Trinajstić information content (AvgIpc) is 3.04. The first-order valence-electron chi connectivity index (χ1n) is 7.35. The molecular weight excluding hydrogens is 372 g/mol. The summed E-state index contributed by atoms with van der Waals surface area (Å²) in [6.07, 6.45) is 0.334. The number of anilines is 1. The minimum atomic E-state index is -0.585. The molecule has 1 amide bonds. The standard InChI is InChI=1S/C18H15BrN2O3/c1-12(13-5-3-2-4-6-13)24-18(22)21-17-16(23-11-20-17)14-7-9-15(19)10-8-14/h2-12H,1H3,(H,21,22). The molecule has 0 bridgehead atoms. The van der Waals surface area contributed by atoms with E-state index in [2.05, 4.69) is 26.2 Å². The molecule has 122 valence electrons. The van der Waals surface area contributed by atoms with Crippen molar-refractivity contribution in [2.24, 2.45) is 0 Å². The summed E-state index contributed by atoms with van der Waals surface area (Å²) in [7, 11) is 0. The molecule has 24 heavy (non-hydrogen) atoms. The molecule has 0 spiro atoms. The van der Waals surface area contributed by atoms with Crippen LogP contribution in [0.2, 0.25) is 0 Å². The zero-order valence-electron chi connectivity index (χ0n) is 12.9. The summed E-state index contributed by atoms with van der Waals surface area (Å²) < 4.78 is 11.7. The minimum Gasteiger partial charge on any atom is -0.441 e. The van der Waals surface area contributed by atoms with Crippen molar-refractivity contribution in [3.05, 3.63) is 71.0 Å². The Labute approximate surface area is 147 Å². The molecule has 1 atom stereocenters. The second kappa shape index (κ2) is 7.31. The van der Waals surface area contributed by atoms with Crippen LogP contribution in [0.3, 0.4) is 0 Å². The number of hydrogen-bond donors (Lipinski definition) is 1. The summed E-state index contributed by atoms with van der Waals surface area (Å²) in [5, 5.41) is 2.63. The average molecular weight is 387 g/mol. The van der Waals surface area contributed by atoms with Crippen LogP contribution < -0.4 is 5.32 Å². The third-order valence-corrected chi connectivity index (χ3v) is 3.98. The Kier molecular flexibility index (Phi) is 4.96. The fourth-order valence-corrected chi connectivity index (χ4v) is 2.48. The summed E-state index contributed by atoms with van der Waals surface area (Å²) in [4.78, 5) is 16.2. The van der Waals surface area contributed by atoms with Crippen molar-refractivity contribution in [1.29, 1.82) is 0 Å². The fraction of sp³-hybridized carbons (Fsp3) is 0.111. The maximum atomic E-state index is 12.1. The molecule has 0 fully saturated rings. The molecule has 5 nitrogen and oxygen atoms in total. The molecule has 0 aliphatic carbocycles. The summed E-state index contributed by atoms with van der Waals surface area (Å²) in [5.41, 5.74) is 1.73. The minimum absolute atomic E-state index is 0.322. The Morgan fingerprint density at radius 3 is 2.58 bits per heavy atom. The molecule has 1 aromatic heterocycles. The number of halogens is 1. The molecule has 0 saturated heterocycles. The zero-order valence-corrected chi connectivity index (χ0v) is 14.5. The van der Waals surface area contributed by atoms with Crippen molar-refractivity contribution < 1.29 is 13.9 Å². The van der Waals surface area contributed by atoms with Crippen LogP contribution in [0.4, 0.5) is 10.6 Å². The highest BCUT2D eigenvalue weighted by Crippen LogP contribution is 2.28. The number of ether oxygens (including phenoxy) is 1. The van der Waals surface area contributed by atoms with Crippen LogP contribution in [0.1, 0.15) is 18.6 Å². The quantitative estimate of drug-likeness (QED) is 0.650. The van der Waals surface area contributed by atoms with E-state index in [1.165, 1.54) is 6.39 Å². The molecule has 1 heterocycles. The highest BCUT2D eigenvalue weighted by molar-refractivity contribution is 9.10. The lowest BCUT2D eigenvalue weighted by molar-refractivity contribution is 0.121. The number of nitrogens with zero attached hydrogens (tertiary/aromatic N) is 1. The Hall–Kier alpha value is -2.60. The lowest BCUT2D eigenvalue weighted by atomic mass is 10.1. The summed E-state index contributed by atoms with van der Waals surface area (Å²) in [6, 6.07) is 17.0. The van der Waals surface area contributed by atoms with Gasteiger partial charge in [0.25, 0.3) is 0 Å². The Morgan fingerprint density at radius 1 is 1.17 bits per heavy atom. The Morgan fingerprint density at radius 2 is 1.88 bits per heavy atom. The van der Waals surface area contributed by atoms with Crippen molar-refractivity contribution in [2.45, 2.75) is 13.0 Å². The van der Waals surface area contributed by atoms with Gasteiger partial charge in [-0.25, -0.2) is 4.79 Å². The predicted molar refractivity (Wildman–Crippen MR) is 94.6 cm³/mol. The van der Waals surface area contributed by atoms with Gasteiger partial charge < -0.3 is 9.15 Å². The van der Waals surface area contributed by atoms with Crippen LogP contribution in [-0.4, -0.2) is 11.1 Å². The highest BCUT2D eigenvalue weighted by atomic mass is 79.9. The highest BCUT2D eigenvalue weighted by Gasteiger charge is 2.16. The van der Waals surface area contributed by atoms with Gasteiger partial charge in [-0.3, -0.25) is 5.32 Å². The maximum absolute atomic E-state index is 12.1. The Balaban J connectivity index is 1.69. The van der Waals surface area contributed by atoms with Crippen molar-refractivity contribution in [3.63, 3.8) is 0 Å². The number of oxazole rings is 1. The monoisotopic (exact) mass is 386 g/mol. The van der Waals surface area contributed by atoms with E-state index in [1.807, 2.05) is 61.5 Å². The lowest BCUT2D eigenvalue weighted by Crippen LogP contribution is -2.16. The molecule has 0 saturated carbocycles. The first kappa shape index (κ1) is 16.3. The third kappa shape index (κ3) is 3.83. The van der Waals surface area contributed by atoms with Crippen molar-refractivity contribution in [2.75, 3.05) is 5.32 Å². The van der Waals surface area contributed by atoms with Gasteiger partial charge in [0.1, 0.15) is 6.10 Å². The lowest BCUT2D eigenvalue weighted by Gasteiger charge is -2.13. The van der Waals surface area contributed by atoms with Gasteiger partial charge in [-0.1, -0.05) is 46.3 Å². The number of benzene rings is 2. The molecule has 3 rings (SSSR count). The normalized spacial score (nSPS) is 11.8. The number of carbonyl (C=O) groups excluding carboxylic acids is 1. The molecule has 6 heteroatoms. The second-order valence-electron chi connectivity index (χ2n) is 5.12. The van der Waals surface area contributed by atoms with Gasteiger partial charge in [-0.2, -0.15) is 4.98 Å². The van der Waals surface area contributed by atoms with Crippen molar-refractivity contribution >= 4 is 27.8 Å². The molecule has 0 aliphatic heterocycles. The number of amides is 1. The van der Waals surface area contributed by atoms with Gasteiger partial charge in [0, 0.05) is 10.0 Å². The molecule has 1 N–H and O–H groups in total. The third-order valence-electron chi connectivity index (χ3n) is 3.45. The molecule has 3 aromatic rings. The van der Waals surface area contributed by atoms with E-state index in [0.29, 0.717) is 11.6 Å². The second-order valence-corrected chi connectivity index (χ2v) is 6.04. The van der Waals surface area contributed by atoms with Gasteiger partial charge in [0.2, 0.25) is 0 Å². The van der Waals surface area contributed by atoms with Crippen LogP contribution in [0.5, 0.6) is 0 Å². The van der Waals surface area contributed by atoms with Crippen molar-refractivity contribution in [3.8, 4) is 11.3 Å². The molecule has 1 unspecified atom stereocenters. The fourth-order valence-electron chi connectivity index (χ4n) is 2.22. The number of rotatable bonds is 4. The predicted octanol–water partition coefficient (Wildman–Crippen LogP) is 5.41. The van der Waals surface area contributed by atoms with Crippen LogP contribution >= 0.6 is 15.9 Å². The van der Waals surface area contributed by atoms with E-state index in [0.717, 1.165) is 15.6 Å². The molecule has 0 radical (unpaired) electrons. The first-order chi connectivity index (χ1) is 11.6. The summed E-state index contributed by atoms with van der Waals surface area (Å²) in [6.45, 7) is 1.81. The van der Waals surface area contributed by atoms with Gasteiger partial charge in [0.05, 0.1) is 0 Å². The molecule has 0 aliphatic rings. The molecule has 2 aromatic carbocycles. The van der Waals surface area contributed by atoms with Gasteiger partial charge in [-0.05, 0) is 36.8 Å². The van der Waals surface area contributed by atoms with Crippen LogP contribution in [0, 0.1) is 0 Å². The summed E-state index contributed by atoms with van der Waals surface area (Å²) >= 11 is 3.38. The van der Waals surface area contributed by atoms with E-state index in [-0.39, 0.29) is 6.10 Å². The number of carbonyl (C=O) groups is 1. The summed E-state index contributed by atoms with van der Waals surface area (Å²) in [5.74, 6) is 0.800.